The van der Waals surface area contributed by atoms with Gasteiger partial charge in [-0.2, -0.15) is 0 Å². The van der Waals surface area contributed by atoms with E-state index in [1.807, 2.05) is 19.9 Å². The van der Waals surface area contributed by atoms with Crippen LogP contribution in [0.15, 0.2) is 34.9 Å². The van der Waals surface area contributed by atoms with Gasteiger partial charge in [0.05, 0.1) is 6.10 Å². The van der Waals surface area contributed by atoms with Gasteiger partial charge in [-0.05, 0) is 56.4 Å². The second-order valence-electron chi connectivity index (χ2n) is 7.26. The van der Waals surface area contributed by atoms with Gasteiger partial charge in [-0.25, -0.2) is 4.79 Å². The summed E-state index contributed by atoms with van der Waals surface area (Å²) in [6, 6.07) is 0. The van der Waals surface area contributed by atoms with Gasteiger partial charge in [0.25, 0.3) is 0 Å². The van der Waals surface area contributed by atoms with Crippen molar-refractivity contribution in [2.45, 2.75) is 65.4 Å². The number of rotatable bonds is 7. The van der Waals surface area contributed by atoms with E-state index in [2.05, 4.69) is 17.9 Å². The summed E-state index contributed by atoms with van der Waals surface area (Å²) in [6.45, 7) is 5.75. The fourth-order valence-electron chi connectivity index (χ4n) is 3.89. The van der Waals surface area contributed by atoms with Crippen molar-refractivity contribution in [3.63, 3.8) is 0 Å². The topological polar surface area (TPSA) is 57.5 Å². The molecular formula is C22H30O3. The smallest absolute Gasteiger partial charge is 0.332 e. The van der Waals surface area contributed by atoms with Gasteiger partial charge in [0.15, 0.2) is 0 Å². The summed E-state index contributed by atoms with van der Waals surface area (Å²) in [4.78, 5) is 11.9. The maximum absolute atomic E-state index is 11.9. The standard InChI is InChI=1S/C22H30O3/c1-4-6-8-15(3)20(23)12-11-16(5-2)21(22(24)25)19-13-17-9-7-10-18(17)14-19/h11-13,15-16,18,20,23H,5,7-10,14H2,1-3H3,(H,24,25)/b12-11+,21-19?/t15?,16?,18?,20-/m1/s1. The number of hydrogen-bond donors (Lipinski definition) is 2. The molecule has 0 heterocycles. The number of fused-ring (bicyclic) bond motifs is 1. The lowest BCUT2D eigenvalue weighted by Crippen LogP contribution is -2.17. The molecule has 2 N–H and O–H groups in total. The summed E-state index contributed by atoms with van der Waals surface area (Å²) < 4.78 is 0. The fourth-order valence-corrected chi connectivity index (χ4v) is 3.89. The quantitative estimate of drug-likeness (QED) is 0.407. The van der Waals surface area contributed by atoms with Crippen LogP contribution in [0.25, 0.3) is 0 Å². The number of aliphatic hydroxyl groups excluding tert-OH is 1. The van der Waals surface area contributed by atoms with Gasteiger partial charge in [-0.15, -0.1) is 11.8 Å². The maximum Gasteiger partial charge on any atom is 0.332 e. The molecule has 0 amide bonds. The molecule has 3 unspecified atom stereocenters. The van der Waals surface area contributed by atoms with Gasteiger partial charge in [0.1, 0.15) is 0 Å². The third-order valence-corrected chi connectivity index (χ3v) is 5.48. The van der Waals surface area contributed by atoms with Crippen molar-refractivity contribution in [2.24, 2.45) is 17.8 Å². The molecule has 0 bridgehead atoms. The summed E-state index contributed by atoms with van der Waals surface area (Å²) >= 11 is 0. The Hall–Kier alpha value is -1.79. The molecule has 4 atom stereocenters. The minimum atomic E-state index is -0.831. The largest absolute Gasteiger partial charge is 0.478 e. The lowest BCUT2D eigenvalue weighted by atomic mass is 9.89. The molecule has 0 aromatic carbocycles. The Bertz CT molecular complexity index is 642. The first-order chi connectivity index (χ1) is 12.0. The SMILES string of the molecule is CC#CCC(C)[C@H](O)/C=C/C(CC)C(C(=O)O)=C1C=C2CCCC2C1. The lowest BCUT2D eigenvalue weighted by Gasteiger charge is -2.17. The molecule has 0 aromatic heterocycles. The predicted molar refractivity (Wildman–Crippen MR) is 101 cm³/mol. The summed E-state index contributed by atoms with van der Waals surface area (Å²) in [5.74, 6) is 5.43. The van der Waals surface area contributed by atoms with E-state index >= 15 is 0 Å². The van der Waals surface area contributed by atoms with Crippen LogP contribution in [0.4, 0.5) is 0 Å². The van der Waals surface area contributed by atoms with Gasteiger partial charge in [0.2, 0.25) is 0 Å². The number of hydrogen-bond acceptors (Lipinski definition) is 2. The number of carboxylic acids is 1. The van der Waals surface area contributed by atoms with Crippen molar-refractivity contribution >= 4 is 5.97 Å². The van der Waals surface area contributed by atoms with Crippen molar-refractivity contribution in [1.29, 1.82) is 0 Å². The Labute approximate surface area is 151 Å². The summed E-state index contributed by atoms with van der Waals surface area (Å²) in [7, 11) is 0. The molecule has 136 valence electrons. The van der Waals surface area contributed by atoms with Gasteiger partial charge in [-0.3, -0.25) is 0 Å². The maximum atomic E-state index is 11.9. The van der Waals surface area contributed by atoms with E-state index in [1.165, 1.54) is 18.4 Å². The molecule has 1 saturated carbocycles. The Morgan fingerprint density at radius 3 is 2.80 bits per heavy atom. The van der Waals surface area contributed by atoms with Crippen molar-refractivity contribution in [2.75, 3.05) is 0 Å². The zero-order valence-corrected chi connectivity index (χ0v) is 15.6. The molecule has 25 heavy (non-hydrogen) atoms. The molecule has 2 rings (SSSR count). The van der Waals surface area contributed by atoms with Crippen LogP contribution in [0.3, 0.4) is 0 Å². The van der Waals surface area contributed by atoms with Crippen LogP contribution in [0.5, 0.6) is 0 Å². The molecule has 0 aliphatic heterocycles. The zero-order chi connectivity index (χ0) is 18.4. The number of carboxylic acid groups (broad SMARTS) is 1. The van der Waals surface area contributed by atoms with Crippen molar-refractivity contribution < 1.29 is 15.0 Å². The molecule has 0 saturated heterocycles. The predicted octanol–water partition coefficient (Wildman–Crippen LogP) is 4.49. The van der Waals surface area contributed by atoms with E-state index in [9.17, 15) is 15.0 Å². The number of allylic oxidation sites excluding steroid dienone is 4. The van der Waals surface area contributed by atoms with Crippen LogP contribution < -0.4 is 0 Å². The fraction of sp³-hybridized carbons (Fsp3) is 0.591. The normalized spacial score (nSPS) is 25.0. The third kappa shape index (κ3) is 4.86. The van der Waals surface area contributed by atoms with Gasteiger partial charge in [-0.1, -0.05) is 37.6 Å². The monoisotopic (exact) mass is 342 g/mol. The molecular weight excluding hydrogens is 312 g/mol. The van der Waals surface area contributed by atoms with Crippen molar-refractivity contribution in [1.82, 2.24) is 0 Å². The Morgan fingerprint density at radius 2 is 2.20 bits per heavy atom. The Kier molecular flexibility index (Phi) is 7.08. The van der Waals surface area contributed by atoms with E-state index < -0.39 is 12.1 Å². The van der Waals surface area contributed by atoms with Crippen LogP contribution in [-0.2, 0) is 4.79 Å². The van der Waals surface area contributed by atoms with E-state index in [0.29, 0.717) is 24.3 Å². The molecule has 0 aromatic rings. The van der Waals surface area contributed by atoms with Crippen LogP contribution in [0, 0.1) is 29.6 Å². The first-order valence-electron chi connectivity index (χ1n) is 9.40. The molecule has 0 radical (unpaired) electrons. The highest BCUT2D eigenvalue weighted by atomic mass is 16.4. The van der Waals surface area contributed by atoms with E-state index in [1.54, 1.807) is 13.0 Å². The van der Waals surface area contributed by atoms with E-state index in [-0.39, 0.29) is 11.8 Å². The number of aliphatic carboxylic acids is 1. The van der Waals surface area contributed by atoms with Crippen LogP contribution in [0.2, 0.25) is 0 Å². The molecule has 2 aliphatic rings. The number of carbonyl (C=O) groups is 1. The van der Waals surface area contributed by atoms with Crippen LogP contribution in [-0.4, -0.2) is 22.3 Å². The molecule has 2 aliphatic carbocycles. The minimum absolute atomic E-state index is 0.0371. The first-order valence-corrected chi connectivity index (χ1v) is 9.40. The average molecular weight is 342 g/mol. The first kappa shape index (κ1) is 19.5. The van der Waals surface area contributed by atoms with Crippen molar-refractivity contribution in [3.8, 4) is 11.8 Å². The highest BCUT2D eigenvalue weighted by molar-refractivity contribution is 5.89. The highest BCUT2D eigenvalue weighted by Crippen LogP contribution is 2.43. The van der Waals surface area contributed by atoms with Gasteiger partial charge < -0.3 is 10.2 Å². The minimum Gasteiger partial charge on any atom is -0.478 e. The second-order valence-corrected chi connectivity index (χ2v) is 7.26. The second kappa shape index (κ2) is 9.06. The van der Waals surface area contributed by atoms with Crippen LogP contribution >= 0.6 is 0 Å². The molecule has 3 heteroatoms. The van der Waals surface area contributed by atoms with E-state index in [4.69, 9.17) is 0 Å². The Balaban J connectivity index is 2.18. The molecule has 1 fully saturated rings. The Morgan fingerprint density at radius 1 is 1.44 bits per heavy atom. The molecule has 0 spiro atoms. The average Bonchev–Trinajstić information content (AvgIpc) is 3.17. The lowest BCUT2D eigenvalue weighted by molar-refractivity contribution is -0.133. The van der Waals surface area contributed by atoms with Gasteiger partial charge >= 0.3 is 5.97 Å². The zero-order valence-electron chi connectivity index (χ0n) is 15.6. The van der Waals surface area contributed by atoms with E-state index in [0.717, 1.165) is 18.4 Å². The third-order valence-electron chi connectivity index (χ3n) is 5.48. The molecule has 3 nitrogen and oxygen atoms in total. The summed E-state index contributed by atoms with van der Waals surface area (Å²) in [6.07, 6.45) is 10.9. The highest BCUT2D eigenvalue weighted by Gasteiger charge is 2.31. The van der Waals surface area contributed by atoms with Crippen LogP contribution in [0.1, 0.15) is 59.3 Å². The number of aliphatic hydroxyl groups is 1. The summed E-state index contributed by atoms with van der Waals surface area (Å²) in [5.41, 5.74) is 2.93. The van der Waals surface area contributed by atoms with Crippen molar-refractivity contribution in [3.05, 3.63) is 34.9 Å². The summed E-state index contributed by atoms with van der Waals surface area (Å²) in [5, 5.41) is 20.1. The van der Waals surface area contributed by atoms with Gasteiger partial charge in [0, 0.05) is 17.9 Å².